The van der Waals surface area contributed by atoms with E-state index in [1.165, 1.54) is 37.3 Å². The number of H-pyrrole nitrogens is 1. The largest absolute Gasteiger partial charge is 0.506 e. The minimum Gasteiger partial charge on any atom is -0.506 e. The molecule has 1 amide bonds. The number of benzene rings is 2. The van der Waals surface area contributed by atoms with Gasteiger partial charge < -0.3 is 25.6 Å². The van der Waals surface area contributed by atoms with Crippen LogP contribution in [-0.2, 0) is 11.2 Å². The maximum atomic E-state index is 13.4. The number of pyridine rings is 1. The summed E-state index contributed by atoms with van der Waals surface area (Å²) < 4.78 is 0. The molecule has 3 aromatic rings. The van der Waals surface area contributed by atoms with Gasteiger partial charge in [0.15, 0.2) is 0 Å². The van der Waals surface area contributed by atoms with Gasteiger partial charge in [0, 0.05) is 50.1 Å². The van der Waals surface area contributed by atoms with Gasteiger partial charge in [-0.1, -0.05) is 69.0 Å². The van der Waals surface area contributed by atoms with Gasteiger partial charge in [-0.3, -0.25) is 9.59 Å². The molecule has 4 rings (SSSR count). The van der Waals surface area contributed by atoms with Crippen molar-refractivity contribution in [1.29, 1.82) is 0 Å². The first-order valence-electron chi connectivity index (χ1n) is 14.6. The molecule has 0 bridgehead atoms. The van der Waals surface area contributed by atoms with Crippen LogP contribution in [0.4, 0.5) is 0 Å². The van der Waals surface area contributed by atoms with Gasteiger partial charge in [-0.05, 0) is 55.0 Å². The fourth-order valence-corrected chi connectivity index (χ4v) is 5.70. The number of amides is 1. The van der Waals surface area contributed by atoms with Crippen LogP contribution in [0.5, 0.6) is 5.75 Å². The molecule has 1 aliphatic rings. The number of aromatic amines is 1. The van der Waals surface area contributed by atoms with E-state index in [2.05, 4.69) is 51.7 Å². The number of phenols is 1. The van der Waals surface area contributed by atoms with Crippen LogP contribution in [0, 0.1) is 0 Å². The zero-order valence-electron chi connectivity index (χ0n) is 23.3. The predicted molar refractivity (Wildman–Crippen MR) is 158 cm³/mol. The monoisotopic (exact) mass is 532 g/mol. The third-order valence-corrected chi connectivity index (χ3v) is 7.98. The summed E-state index contributed by atoms with van der Waals surface area (Å²) in [6.07, 6.45) is 8.42. The molecule has 210 valence electrons. The Bertz CT molecular complexity index is 1240. The molecule has 0 radical (unpaired) electrons. The number of aromatic hydroxyl groups is 1. The lowest BCUT2D eigenvalue weighted by molar-refractivity contribution is -0.133. The molecule has 1 atom stereocenters. The first kappa shape index (κ1) is 28.8. The molecule has 7 heteroatoms. The lowest BCUT2D eigenvalue weighted by Gasteiger charge is -2.32. The van der Waals surface area contributed by atoms with E-state index in [1.54, 1.807) is 12.1 Å². The molecule has 7 nitrogen and oxygen atoms in total. The highest BCUT2D eigenvalue weighted by Crippen LogP contribution is 2.25. The summed E-state index contributed by atoms with van der Waals surface area (Å²) in [6, 6.07) is 17.6. The van der Waals surface area contributed by atoms with Crippen LogP contribution in [0.15, 0.2) is 59.4 Å². The van der Waals surface area contributed by atoms with Crippen molar-refractivity contribution in [3.8, 4) is 5.75 Å². The van der Waals surface area contributed by atoms with Gasteiger partial charge in [-0.15, -0.1) is 0 Å². The number of nitrogens with zero attached hydrogens (tertiary/aromatic N) is 1. The maximum Gasteiger partial charge on any atom is 0.248 e. The SMILES string of the molecule is CC(CNCCC(=O)N(CCNCCc1ccc(O)c2[nH]c(=O)ccc12)C1CCCCCC1)c1ccccc1. The van der Waals surface area contributed by atoms with Gasteiger partial charge in [-0.2, -0.15) is 0 Å². The van der Waals surface area contributed by atoms with Gasteiger partial charge in [0.05, 0.1) is 5.52 Å². The van der Waals surface area contributed by atoms with E-state index in [0.29, 0.717) is 37.0 Å². The van der Waals surface area contributed by atoms with Gasteiger partial charge >= 0.3 is 0 Å². The quantitative estimate of drug-likeness (QED) is 0.189. The summed E-state index contributed by atoms with van der Waals surface area (Å²) in [5, 5.41) is 18.0. The lowest BCUT2D eigenvalue weighted by Crippen LogP contribution is -2.45. The maximum absolute atomic E-state index is 13.4. The van der Waals surface area contributed by atoms with Crippen molar-refractivity contribution < 1.29 is 9.90 Å². The van der Waals surface area contributed by atoms with Crippen LogP contribution in [0.25, 0.3) is 10.9 Å². The molecular formula is C32H44N4O3. The Morgan fingerprint density at radius 1 is 0.974 bits per heavy atom. The van der Waals surface area contributed by atoms with Crippen molar-refractivity contribution >= 4 is 16.8 Å². The Hall–Kier alpha value is -3.16. The standard InChI is InChI=1S/C32H44N4O3/c1-24(25-9-5-4-6-10-25)23-34-20-18-31(39)36(27-11-7-2-3-8-12-27)22-21-33-19-17-26-13-15-29(37)32-28(26)14-16-30(38)35-32/h4-6,9-10,13-16,24,27,33-34,37H,2-3,7-8,11-12,17-23H2,1H3,(H,35,38). The fraction of sp³-hybridized carbons (Fsp3) is 0.500. The summed E-state index contributed by atoms with van der Waals surface area (Å²) in [5.41, 5.74) is 2.64. The zero-order chi connectivity index (χ0) is 27.5. The molecule has 2 aromatic carbocycles. The van der Waals surface area contributed by atoms with Crippen LogP contribution < -0.4 is 16.2 Å². The minimum absolute atomic E-state index is 0.0842. The molecule has 0 saturated heterocycles. The van der Waals surface area contributed by atoms with Crippen LogP contribution in [0.2, 0.25) is 0 Å². The number of carbonyl (C=O) groups excluding carboxylic acids is 1. The average molecular weight is 533 g/mol. The topological polar surface area (TPSA) is 97.5 Å². The van der Waals surface area contributed by atoms with Crippen molar-refractivity contribution in [3.05, 3.63) is 76.1 Å². The second kappa shape index (κ2) is 14.8. The van der Waals surface area contributed by atoms with E-state index in [9.17, 15) is 14.7 Å². The first-order valence-corrected chi connectivity index (χ1v) is 14.6. The van der Waals surface area contributed by atoms with Crippen LogP contribution in [-0.4, -0.2) is 59.7 Å². The van der Waals surface area contributed by atoms with E-state index in [1.807, 2.05) is 12.1 Å². The smallest absolute Gasteiger partial charge is 0.248 e. The third kappa shape index (κ3) is 8.41. The van der Waals surface area contributed by atoms with Crippen LogP contribution >= 0.6 is 0 Å². The molecule has 1 saturated carbocycles. The van der Waals surface area contributed by atoms with E-state index >= 15 is 0 Å². The summed E-state index contributed by atoms with van der Waals surface area (Å²) in [6.45, 7) is 5.99. The Kier molecular flexibility index (Phi) is 11.0. The Morgan fingerprint density at radius 3 is 2.51 bits per heavy atom. The molecule has 0 aliphatic heterocycles. The highest BCUT2D eigenvalue weighted by molar-refractivity contribution is 5.87. The Morgan fingerprint density at radius 2 is 1.74 bits per heavy atom. The second-order valence-corrected chi connectivity index (χ2v) is 10.9. The number of aromatic nitrogens is 1. The molecule has 0 spiro atoms. The summed E-state index contributed by atoms with van der Waals surface area (Å²) >= 11 is 0. The van der Waals surface area contributed by atoms with E-state index in [4.69, 9.17) is 0 Å². The van der Waals surface area contributed by atoms with Gasteiger partial charge in [0.1, 0.15) is 5.75 Å². The molecule has 4 N–H and O–H groups in total. The average Bonchev–Trinajstić information content (AvgIpc) is 3.24. The van der Waals surface area contributed by atoms with Gasteiger partial charge in [-0.25, -0.2) is 0 Å². The highest BCUT2D eigenvalue weighted by atomic mass is 16.3. The molecule has 1 unspecified atom stereocenters. The Balaban J connectivity index is 1.26. The number of rotatable bonds is 13. The number of hydrogen-bond acceptors (Lipinski definition) is 5. The van der Waals surface area contributed by atoms with Crippen molar-refractivity contribution in [2.75, 3.05) is 32.7 Å². The lowest BCUT2D eigenvalue weighted by atomic mass is 10.0. The molecule has 1 aliphatic carbocycles. The van der Waals surface area contributed by atoms with Crippen molar-refractivity contribution in [2.24, 2.45) is 0 Å². The molecule has 39 heavy (non-hydrogen) atoms. The van der Waals surface area contributed by atoms with Gasteiger partial charge in [0.25, 0.3) is 0 Å². The summed E-state index contributed by atoms with van der Waals surface area (Å²) in [7, 11) is 0. The predicted octanol–water partition coefficient (Wildman–Crippen LogP) is 4.70. The van der Waals surface area contributed by atoms with E-state index < -0.39 is 0 Å². The number of fused-ring (bicyclic) bond motifs is 1. The first-order chi connectivity index (χ1) is 19.0. The number of phenolic OH excluding ortho intramolecular Hbond substituents is 1. The third-order valence-electron chi connectivity index (χ3n) is 7.98. The molecule has 1 fully saturated rings. The second-order valence-electron chi connectivity index (χ2n) is 10.9. The summed E-state index contributed by atoms with van der Waals surface area (Å²) in [4.78, 5) is 29.9. The minimum atomic E-state index is -0.225. The highest BCUT2D eigenvalue weighted by Gasteiger charge is 2.24. The fourth-order valence-electron chi connectivity index (χ4n) is 5.70. The normalized spacial score (nSPS) is 15.2. The van der Waals surface area contributed by atoms with Crippen molar-refractivity contribution in [3.63, 3.8) is 0 Å². The molecule has 1 aromatic heterocycles. The van der Waals surface area contributed by atoms with E-state index in [0.717, 1.165) is 49.8 Å². The summed E-state index contributed by atoms with van der Waals surface area (Å²) in [5.74, 6) is 0.743. The van der Waals surface area contributed by atoms with Crippen LogP contribution in [0.3, 0.4) is 0 Å². The number of carbonyl (C=O) groups is 1. The van der Waals surface area contributed by atoms with E-state index in [-0.39, 0.29) is 17.2 Å². The van der Waals surface area contributed by atoms with Gasteiger partial charge in [0.2, 0.25) is 11.5 Å². The zero-order valence-corrected chi connectivity index (χ0v) is 23.3. The number of nitrogens with one attached hydrogen (secondary N) is 3. The molecular weight excluding hydrogens is 488 g/mol. The van der Waals surface area contributed by atoms with Crippen molar-refractivity contribution in [2.45, 2.75) is 70.3 Å². The molecule has 1 heterocycles. The van der Waals surface area contributed by atoms with Crippen molar-refractivity contribution in [1.82, 2.24) is 20.5 Å². The Labute approximate surface area is 232 Å². The van der Waals surface area contributed by atoms with Crippen LogP contribution in [0.1, 0.15) is 68.9 Å². The number of hydrogen-bond donors (Lipinski definition) is 4.